The standard InChI is InChI=1S/C13H14N2.C2H6/c1-9-5-4-6-12(7-9)13-14-10(2)8-11(3)15-13;1-2/h4-8H,1-3H3;1-2H3. The van der Waals surface area contributed by atoms with E-state index < -0.39 is 0 Å². The molecule has 0 saturated heterocycles. The van der Waals surface area contributed by atoms with Crippen LogP contribution in [0.5, 0.6) is 0 Å². The number of hydrogen-bond acceptors (Lipinski definition) is 2. The molecule has 2 nitrogen and oxygen atoms in total. The Morgan fingerprint density at radius 3 is 1.94 bits per heavy atom. The second-order valence-electron chi connectivity index (χ2n) is 3.84. The maximum atomic E-state index is 4.43. The Kier molecular flexibility index (Phi) is 4.83. The van der Waals surface area contributed by atoms with Gasteiger partial charge in [-0.05, 0) is 32.9 Å². The summed E-state index contributed by atoms with van der Waals surface area (Å²) in [4.78, 5) is 8.87. The van der Waals surface area contributed by atoms with Crippen LogP contribution >= 0.6 is 0 Å². The van der Waals surface area contributed by atoms with Crippen molar-refractivity contribution in [2.45, 2.75) is 34.6 Å². The molecular formula is C15H20N2. The topological polar surface area (TPSA) is 25.8 Å². The van der Waals surface area contributed by atoms with Gasteiger partial charge in [0.1, 0.15) is 0 Å². The Morgan fingerprint density at radius 1 is 0.824 bits per heavy atom. The first-order chi connectivity index (χ1) is 8.15. The van der Waals surface area contributed by atoms with Gasteiger partial charge in [0.25, 0.3) is 0 Å². The molecule has 0 fully saturated rings. The molecule has 1 aromatic carbocycles. The van der Waals surface area contributed by atoms with Crippen LogP contribution in [-0.4, -0.2) is 9.97 Å². The lowest BCUT2D eigenvalue weighted by Crippen LogP contribution is -1.94. The molecule has 1 heterocycles. The van der Waals surface area contributed by atoms with E-state index in [9.17, 15) is 0 Å². The number of rotatable bonds is 1. The lowest BCUT2D eigenvalue weighted by atomic mass is 10.1. The molecule has 1 aromatic heterocycles. The predicted octanol–water partition coefficient (Wildman–Crippen LogP) is 4.10. The van der Waals surface area contributed by atoms with Gasteiger partial charge in [0, 0.05) is 17.0 Å². The van der Waals surface area contributed by atoms with Gasteiger partial charge >= 0.3 is 0 Å². The van der Waals surface area contributed by atoms with Gasteiger partial charge in [-0.2, -0.15) is 0 Å². The zero-order valence-corrected chi connectivity index (χ0v) is 11.3. The summed E-state index contributed by atoms with van der Waals surface area (Å²) in [7, 11) is 0. The first-order valence-electron chi connectivity index (χ1n) is 6.04. The normalized spacial score (nSPS) is 9.47. The Bertz CT molecular complexity index is 470. The van der Waals surface area contributed by atoms with Crippen molar-refractivity contribution >= 4 is 0 Å². The van der Waals surface area contributed by atoms with Gasteiger partial charge in [0.05, 0.1) is 0 Å². The summed E-state index contributed by atoms with van der Waals surface area (Å²) < 4.78 is 0. The number of aromatic nitrogens is 2. The molecule has 0 aliphatic rings. The second kappa shape index (κ2) is 6.14. The average Bonchev–Trinajstić information content (AvgIpc) is 2.30. The SMILES string of the molecule is CC.Cc1cccc(-c2nc(C)cc(C)n2)c1. The van der Waals surface area contributed by atoms with E-state index in [-0.39, 0.29) is 0 Å². The Labute approximate surface area is 104 Å². The van der Waals surface area contributed by atoms with Crippen LogP contribution in [0.25, 0.3) is 11.4 Å². The van der Waals surface area contributed by atoms with Crippen LogP contribution in [-0.2, 0) is 0 Å². The molecule has 0 N–H and O–H groups in total. The molecular weight excluding hydrogens is 208 g/mol. The molecule has 17 heavy (non-hydrogen) atoms. The summed E-state index contributed by atoms with van der Waals surface area (Å²) >= 11 is 0. The third-order valence-electron chi connectivity index (χ3n) is 2.26. The first-order valence-corrected chi connectivity index (χ1v) is 6.04. The summed E-state index contributed by atoms with van der Waals surface area (Å²) in [5.74, 6) is 0.816. The van der Waals surface area contributed by atoms with Crippen molar-refractivity contribution in [2.24, 2.45) is 0 Å². The minimum Gasteiger partial charge on any atom is -0.233 e. The second-order valence-corrected chi connectivity index (χ2v) is 3.84. The molecule has 0 atom stereocenters. The molecule has 0 aliphatic heterocycles. The fourth-order valence-corrected chi connectivity index (χ4v) is 1.64. The van der Waals surface area contributed by atoms with Gasteiger partial charge in [-0.15, -0.1) is 0 Å². The molecule has 2 aromatic rings. The highest BCUT2D eigenvalue weighted by Gasteiger charge is 2.02. The number of aryl methyl sites for hydroxylation is 3. The Balaban J connectivity index is 0.000000686. The van der Waals surface area contributed by atoms with E-state index in [0.29, 0.717) is 0 Å². The quantitative estimate of drug-likeness (QED) is 0.734. The lowest BCUT2D eigenvalue weighted by Gasteiger charge is -2.03. The third kappa shape index (κ3) is 3.66. The van der Waals surface area contributed by atoms with Gasteiger partial charge in [0.2, 0.25) is 0 Å². The molecule has 2 rings (SSSR count). The predicted molar refractivity (Wildman–Crippen MR) is 73.0 cm³/mol. The van der Waals surface area contributed by atoms with Crippen molar-refractivity contribution in [3.8, 4) is 11.4 Å². The van der Waals surface area contributed by atoms with E-state index in [0.717, 1.165) is 22.8 Å². The molecule has 0 aliphatic carbocycles. The van der Waals surface area contributed by atoms with Crippen molar-refractivity contribution in [1.82, 2.24) is 9.97 Å². The molecule has 2 heteroatoms. The number of nitrogens with zero attached hydrogens (tertiary/aromatic N) is 2. The molecule has 90 valence electrons. The summed E-state index contributed by atoms with van der Waals surface area (Å²) in [5, 5.41) is 0. The monoisotopic (exact) mass is 228 g/mol. The van der Waals surface area contributed by atoms with E-state index in [1.165, 1.54) is 5.56 Å². The van der Waals surface area contributed by atoms with Gasteiger partial charge in [-0.1, -0.05) is 37.6 Å². The van der Waals surface area contributed by atoms with Gasteiger partial charge < -0.3 is 0 Å². The minimum absolute atomic E-state index is 0.816. The van der Waals surface area contributed by atoms with Crippen molar-refractivity contribution in [2.75, 3.05) is 0 Å². The maximum absolute atomic E-state index is 4.43. The molecule has 0 bridgehead atoms. The van der Waals surface area contributed by atoms with Crippen LogP contribution in [0.15, 0.2) is 30.3 Å². The fraction of sp³-hybridized carbons (Fsp3) is 0.333. The van der Waals surface area contributed by atoms with E-state index in [1.807, 2.05) is 45.9 Å². The van der Waals surface area contributed by atoms with E-state index in [1.54, 1.807) is 0 Å². The van der Waals surface area contributed by atoms with Crippen LogP contribution in [0.4, 0.5) is 0 Å². The van der Waals surface area contributed by atoms with E-state index in [2.05, 4.69) is 29.0 Å². The zero-order valence-electron chi connectivity index (χ0n) is 11.3. The molecule has 0 spiro atoms. The van der Waals surface area contributed by atoms with Crippen LogP contribution in [0.3, 0.4) is 0 Å². The first kappa shape index (κ1) is 13.4. The van der Waals surface area contributed by atoms with Crippen LogP contribution in [0.2, 0.25) is 0 Å². The Hall–Kier alpha value is -1.70. The molecule has 0 radical (unpaired) electrons. The number of benzene rings is 1. The summed E-state index contributed by atoms with van der Waals surface area (Å²) in [6.07, 6.45) is 0. The summed E-state index contributed by atoms with van der Waals surface area (Å²) in [6, 6.07) is 10.2. The highest BCUT2D eigenvalue weighted by atomic mass is 14.9. The summed E-state index contributed by atoms with van der Waals surface area (Å²) in [5.41, 5.74) is 4.34. The molecule has 0 amide bonds. The largest absolute Gasteiger partial charge is 0.233 e. The van der Waals surface area contributed by atoms with Crippen molar-refractivity contribution < 1.29 is 0 Å². The molecule has 0 saturated carbocycles. The third-order valence-corrected chi connectivity index (χ3v) is 2.26. The fourth-order valence-electron chi connectivity index (χ4n) is 1.64. The van der Waals surface area contributed by atoms with Crippen LogP contribution in [0, 0.1) is 20.8 Å². The summed E-state index contributed by atoms with van der Waals surface area (Å²) in [6.45, 7) is 10.1. The van der Waals surface area contributed by atoms with E-state index >= 15 is 0 Å². The maximum Gasteiger partial charge on any atom is 0.159 e. The minimum atomic E-state index is 0.816. The average molecular weight is 228 g/mol. The van der Waals surface area contributed by atoms with Gasteiger partial charge in [0.15, 0.2) is 5.82 Å². The molecule has 0 unspecified atom stereocenters. The smallest absolute Gasteiger partial charge is 0.159 e. The van der Waals surface area contributed by atoms with Crippen molar-refractivity contribution in [3.63, 3.8) is 0 Å². The lowest BCUT2D eigenvalue weighted by molar-refractivity contribution is 1.06. The highest BCUT2D eigenvalue weighted by molar-refractivity contribution is 5.56. The van der Waals surface area contributed by atoms with Crippen LogP contribution in [0.1, 0.15) is 30.8 Å². The van der Waals surface area contributed by atoms with Gasteiger partial charge in [-0.25, -0.2) is 9.97 Å². The van der Waals surface area contributed by atoms with Gasteiger partial charge in [-0.3, -0.25) is 0 Å². The Morgan fingerprint density at radius 2 is 1.41 bits per heavy atom. The highest BCUT2D eigenvalue weighted by Crippen LogP contribution is 2.16. The zero-order chi connectivity index (χ0) is 12.8. The number of hydrogen-bond donors (Lipinski definition) is 0. The van der Waals surface area contributed by atoms with Crippen molar-refractivity contribution in [3.05, 3.63) is 47.3 Å². The van der Waals surface area contributed by atoms with E-state index in [4.69, 9.17) is 0 Å². The van der Waals surface area contributed by atoms with Crippen LogP contribution < -0.4 is 0 Å². The van der Waals surface area contributed by atoms with Crippen molar-refractivity contribution in [1.29, 1.82) is 0 Å².